The van der Waals surface area contributed by atoms with E-state index in [0.717, 1.165) is 36.8 Å². The van der Waals surface area contributed by atoms with Gasteiger partial charge >= 0.3 is 0 Å². The number of nitro benzene ring substituents is 1. The Labute approximate surface area is 189 Å². The lowest BCUT2D eigenvalue weighted by atomic mass is 9.95. The molecule has 32 heavy (non-hydrogen) atoms. The Morgan fingerprint density at radius 3 is 2.53 bits per heavy atom. The number of hydrogen-bond acceptors (Lipinski definition) is 4. The summed E-state index contributed by atoms with van der Waals surface area (Å²) in [5.74, 6) is -0.493. The number of nitro groups is 1. The molecule has 3 rings (SSSR count). The Balaban J connectivity index is 1.81. The minimum absolute atomic E-state index is 0.0873. The minimum Gasteiger partial charge on any atom is -0.352 e. The predicted octanol–water partition coefficient (Wildman–Crippen LogP) is 4.31. The summed E-state index contributed by atoms with van der Waals surface area (Å²) in [6.07, 6.45) is 5.17. The van der Waals surface area contributed by atoms with E-state index < -0.39 is 11.0 Å². The molecule has 1 saturated carbocycles. The van der Waals surface area contributed by atoms with Gasteiger partial charge in [-0.3, -0.25) is 19.7 Å². The summed E-state index contributed by atoms with van der Waals surface area (Å²) >= 11 is 0. The second-order valence-corrected chi connectivity index (χ2v) is 8.59. The third-order valence-corrected chi connectivity index (χ3v) is 6.08. The molecule has 0 radical (unpaired) electrons. The fourth-order valence-corrected chi connectivity index (χ4v) is 4.26. The van der Waals surface area contributed by atoms with Crippen LogP contribution in [0.2, 0.25) is 0 Å². The van der Waals surface area contributed by atoms with Gasteiger partial charge in [-0.05, 0) is 32.3 Å². The van der Waals surface area contributed by atoms with E-state index >= 15 is 0 Å². The maximum absolute atomic E-state index is 13.3. The quantitative estimate of drug-likeness (QED) is 0.492. The average molecular weight is 438 g/mol. The SMILES string of the molecule is Cc1cccc(CN(C(=O)Cc2ccccc2[N+](=O)[O-])C(C)C(=O)NC2CCCCC2)c1. The summed E-state index contributed by atoms with van der Waals surface area (Å²) in [7, 11) is 0. The molecule has 170 valence electrons. The Hall–Kier alpha value is -3.22. The van der Waals surface area contributed by atoms with Crippen LogP contribution in [0.25, 0.3) is 0 Å². The van der Waals surface area contributed by atoms with E-state index in [2.05, 4.69) is 5.32 Å². The number of amides is 2. The van der Waals surface area contributed by atoms with E-state index in [0.29, 0.717) is 5.56 Å². The molecule has 2 amide bonds. The Kier molecular flexibility index (Phi) is 7.98. The van der Waals surface area contributed by atoms with Crippen molar-refractivity contribution in [2.45, 2.75) is 71.0 Å². The molecule has 0 aromatic heterocycles. The van der Waals surface area contributed by atoms with Crippen LogP contribution in [0.4, 0.5) is 5.69 Å². The van der Waals surface area contributed by atoms with Crippen molar-refractivity contribution in [3.05, 3.63) is 75.3 Å². The normalized spacial score (nSPS) is 15.1. The van der Waals surface area contributed by atoms with Gasteiger partial charge < -0.3 is 10.2 Å². The monoisotopic (exact) mass is 437 g/mol. The molecule has 1 aliphatic rings. The number of rotatable bonds is 8. The molecule has 0 heterocycles. The summed E-state index contributed by atoms with van der Waals surface area (Å²) in [4.78, 5) is 38.8. The van der Waals surface area contributed by atoms with Crippen LogP contribution in [0.1, 0.15) is 55.7 Å². The number of carbonyl (C=O) groups is 2. The lowest BCUT2D eigenvalue weighted by Crippen LogP contribution is -2.50. The van der Waals surface area contributed by atoms with Crippen LogP contribution >= 0.6 is 0 Å². The average Bonchev–Trinajstić information content (AvgIpc) is 2.78. The molecular formula is C25H31N3O4. The number of carbonyl (C=O) groups excluding carboxylic acids is 2. The molecule has 2 aromatic rings. The summed E-state index contributed by atoms with van der Waals surface area (Å²) in [5.41, 5.74) is 2.23. The third-order valence-electron chi connectivity index (χ3n) is 6.08. The van der Waals surface area contributed by atoms with Crippen molar-refractivity contribution in [1.82, 2.24) is 10.2 Å². The molecule has 1 atom stereocenters. The smallest absolute Gasteiger partial charge is 0.273 e. The van der Waals surface area contributed by atoms with Gasteiger partial charge in [-0.2, -0.15) is 0 Å². The van der Waals surface area contributed by atoms with Gasteiger partial charge in [0.25, 0.3) is 5.69 Å². The molecule has 7 nitrogen and oxygen atoms in total. The van der Waals surface area contributed by atoms with E-state index in [1.54, 1.807) is 25.1 Å². The topological polar surface area (TPSA) is 92.6 Å². The zero-order valence-electron chi connectivity index (χ0n) is 18.8. The summed E-state index contributed by atoms with van der Waals surface area (Å²) in [5, 5.41) is 14.5. The van der Waals surface area contributed by atoms with E-state index in [1.165, 1.54) is 17.4 Å². The lowest BCUT2D eigenvalue weighted by molar-refractivity contribution is -0.385. The van der Waals surface area contributed by atoms with Gasteiger partial charge in [-0.1, -0.05) is 67.3 Å². The fourth-order valence-electron chi connectivity index (χ4n) is 4.26. The van der Waals surface area contributed by atoms with Gasteiger partial charge in [0.05, 0.1) is 11.3 Å². The molecule has 0 bridgehead atoms. The van der Waals surface area contributed by atoms with Gasteiger partial charge in [-0.25, -0.2) is 0 Å². The van der Waals surface area contributed by atoms with Crippen LogP contribution in [0.15, 0.2) is 48.5 Å². The lowest BCUT2D eigenvalue weighted by Gasteiger charge is -2.31. The van der Waals surface area contributed by atoms with Crippen LogP contribution in [0.5, 0.6) is 0 Å². The van der Waals surface area contributed by atoms with Crippen molar-refractivity contribution < 1.29 is 14.5 Å². The van der Waals surface area contributed by atoms with Crippen molar-refractivity contribution in [3.8, 4) is 0 Å². The molecular weight excluding hydrogens is 406 g/mol. The second-order valence-electron chi connectivity index (χ2n) is 8.59. The number of nitrogens with one attached hydrogen (secondary N) is 1. The number of aryl methyl sites for hydroxylation is 1. The second kappa shape index (κ2) is 10.9. The number of benzene rings is 2. The van der Waals surface area contributed by atoms with Gasteiger partial charge in [-0.15, -0.1) is 0 Å². The van der Waals surface area contributed by atoms with Crippen molar-refractivity contribution in [2.24, 2.45) is 0 Å². The van der Waals surface area contributed by atoms with E-state index in [1.807, 2.05) is 31.2 Å². The van der Waals surface area contributed by atoms with Gasteiger partial charge in [0.2, 0.25) is 11.8 Å². The minimum atomic E-state index is -0.687. The van der Waals surface area contributed by atoms with Crippen LogP contribution < -0.4 is 5.32 Å². The highest BCUT2D eigenvalue weighted by Gasteiger charge is 2.29. The van der Waals surface area contributed by atoms with E-state index in [4.69, 9.17) is 0 Å². The molecule has 1 fully saturated rings. The van der Waals surface area contributed by atoms with E-state index in [-0.39, 0.29) is 36.5 Å². The first-order valence-electron chi connectivity index (χ1n) is 11.2. The first-order chi connectivity index (χ1) is 15.3. The van der Waals surface area contributed by atoms with Crippen LogP contribution in [-0.4, -0.2) is 33.7 Å². The highest BCUT2D eigenvalue weighted by molar-refractivity contribution is 5.88. The molecule has 2 aromatic carbocycles. The highest BCUT2D eigenvalue weighted by atomic mass is 16.6. The third kappa shape index (κ3) is 6.15. The van der Waals surface area contributed by atoms with Gasteiger partial charge in [0, 0.05) is 24.2 Å². The molecule has 0 spiro atoms. The first kappa shape index (κ1) is 23.4. The number of para-hydroxylation sites is 1. The predicted molar refractivity (Wildman–Crippen MR) is 123 cm³/mol. The standard InChI is InChI=1S/C25H31N3O4/c1-18-9-8-10-20(15-18)17-27(19(2)25(30)26-22-12-4-3-5-13-22)24(29)16-21-11-6-7-14-23(21)28(31)32/h6-11,14-15,19,22H,3-5,12-13,16-17H2,1-2H3,(H,26,30). The molecule has 1 N–H and O–H groups in total. The maximum atomic E-state index is 13.3. The summed E-state index contributed by atoms with van der Waals surface area (Å²) in [6, 6.07) is 13.5. The van der Waals surface area contributed by atoms with Crippen molar-refractivity contribution >= 4 is 17.5 Å². The summed E-state index contributed by atoms with van der Waals surface area (Å²) in [6.45, 7) is 3.97. The number of nitrogens with zero attached hydrogens (tertiary/aromatic N) is 2. The number of hydrogen-bond donors (Lipinski definition) is 1. The Morgan fingerprint density at radius 1 is 1.12 bits per heavy atom. The van der Waals surface area contributed by atoms with Gasteiger partial charge in [0.15, 0.2) is 0 Å². The molecule has 1 unspecified atom stereocenters. The molecule has 7 heteroatoms. The molecule has 1 aliphatic carbocycles. The molecule has 0 saturated heterocycles. The van der Waals surface area contributed by atoms with Crippen molar-refractivity contribution in [1.29, 1.82) is 0 Å². The Morgan fingerprint density at radius 2 is 1.84 bits per heavy atom. The summed E-state index contributed by atoms with van der Waals surface area (Å²) < 4.78 is 0. The maximum Gasteiger partial charge on any atom is 0.273 e. The van der Waals surface area contributed by atoms with Crippen LogP contribution in [0, 0.1) is 17.0 Å². The zero-order valence-corrected chi connectivity index (χ0v) is 18.8. The highest BCUT2D eigenvalue weighted by Crippen LogP contribution is 2.21. The largest absolute Gasteiger partial charge is 0.352 e. The van der Waals surface area contributed by atoms with Crippen molar-refractivity contribution in [3.63, 3.8) is 0 Å². The van der Waals surface area contributed by atoms with Crippen molar-refractivity contribution in [2.75, 3.05) is 0 Å². The fraction of sp³-hybridized carbons (Fsp3) is 0.440. The van der Waals surface area contributed by atoms with Crippen LogP contribution in [-0.2, 0) is 22.6 Å². The van der Waals surface area contributed by atoms with E-state index in [9.17, 15) is 19.7 Å². The van der Waals surface area contributed by atoms with Crippen LogP contribution in [0.3, 0.4) is 0 Å². The van der Waals surface area contributed by atoms with Gasteiger partial charge in [0.1, 0.15) is 6.04 Å². The first-order valence-corrected chi connectivity index (χ1v) is 11.2. The molecule has 0 aliphatic heterocycles. The zero-order chi connectivity index (χ0) is 23.1. The Bertz CT molecular complexity index is 969.